The van der Waals surface area contributed by atoms with Crippen molar-refractivity contribution in [1.29, 1.82) is 0 Å². The lowest BCUT2D eigenvalue weighted by atomic mass is 10.1. The van der Waals surface area contributed by atoms with Gasteiger partial charge in [-0.1, -0.05) is 37.3 Å². The number of carbonyl (C=O) groups is 1. The summed E-state index contributed by atoms with van der Waals surface area (Å²) in [6.07, 6.45) is 3.35. The number of hydrogen-bond acceptors (Lipinski definition) is 5. The number of hydrogen-bond donors (Lipinski definition) is 1. The van der Waals surface area contributed by atoms with Crippen LogP contribution in [0, 0.1) is 12.8 Å². The molecule has 0 spiro atoms. The summed E-state index contributed by atoms with van der Waals surface area (Å²) in [7, 11) is 0. The first-order valence-corrected chi connectivity index (χ1v) is 9.14. The van der Waals surface area contributed by atoms with Crippen LogP contribution in [0.15, 0.2) is 55.0 Å². The van der Waals surface area contributed by atoms with Gasteiger partial charge in [0.2, 0.25) is 0 Å². The highest BCUT2D eigenvalue weighted by molar-refractivity contribution is 5.94. The van der Waals surface area contributed by atoms with Crippen molar-refractivity contribution >= 4 is 11.7 Å². The van der Waals surface area contributed by atoms with E-state index in [2.05, 4.69) is 32.4 Å². The predicted octanol–water partition coefficient (Wildman–Crippen LogP) is 2.36. The SMILES string of the molecule is Cc1ccn(C[C@H](C)CNC(=O)c2cc(-c3ccccc3)nc3ncnn23)n1. The monoisotopic (exact) mass is 375 g/mol. The largest absolute Gasteiger partial charge is 0.350 e. The van der Waals surface area contributed by atoms with Crippen LogP contribution in [-0.4, -0.2) is 41.8 Å². The molecule has 0 aliphatic rings. The summed E-state index contributed by atoms with van der Waals surface area (Å²) in [4.78, 5) is 21.5. The van der Waals surface area contributed by atoms with Gasteiger partial charge in [-0.25, -0.2) is 4.98 Å². The minimum absolute atomic E-state index is 0.210. The Hall–Kier alpha value is -3.55. The quantitative estimate of drug-likeness (QED) is 0.559. The van der Waals surface area contributed by atoms with Gasteiger partial charge in [0.05, 0.1) is 11.4 Å². The van der Waals surface area contributed by atoms with Crippen LogP contribution in [0.5, 0.6) is 0 Å². The maximum atomic E-state index is 12.9. The molecular formula is C20H21N7O. The van der Waals surface area contributed by atoms with E-state index in [-0.39, 0.29) is 11.8 Å². The van der Waals surface area contributed by atoms with E-state index in [0.717, 1.165) is 17.8 Å². The molecule has 3 aromatic heterocycles. The van der Waals surface area contributed by atoms with Crippen molar-refractivity contribution in [1.82, 2.24) is 34.7 Å². The molecule has 3 heterocycles. The molecule has 1 aromatic carbocycles. The maximum Gasteiger partial charge on any atom is 0.270 e. The van der Waals surface area contributed by atoms with Crippen molar-refractivity contribution < 1.29 is 4.79 Å². The van der Waals surface area contributed by atoms with Crippen LogP contribution >= 0.6 is 0 Å². The highest BCUT2D eigenvalue weighted by atomic mass is 16.2. The van der Waals surface area contributed by atoms with Gasteiger partial charge in [0.1, 0.15) is 12.0 Å². The average Bonchev–Trinajstić information content (AvgIpc) is 3.34. The highest BCUT2D eigenvalue weighted by Gasteiger charge is 2.16. The summed E-state index contributed by atoms with van der Waals surface area (Å²) in [6.45, 7) is 5.29. The molecule has 4 rings (SSSR count). The minimum Gasteiger partial charge on any atom is -0.350 e. The first-order valence-electron chi connectivity index (χ1n) is 9.14. The number of nitrogens with one attached hydrogen (secondary N) is 1. The lowest BCUT2D eigenvalue weighted by Crippen LogP contribution is -2.31. The van der Waals surface area contributed by atoms with Crippen molar-refractivity contribution in [2.24, 2.45) is 5.92 Å². The number of nitrogens with zero attached hydrogens (tertiary/aromatic N) is 6. The van der Waals surface area contributed by atoms with Gasteiger partial charge < -0.3 is 5.32 Å². The molecule has 28 heavy (non-hydrogen) atoms. The third-order valence-electron chi connectivity index (χ3n) is 4.44. The van der Waals surface area contributed by atoms with E-state index in [1.165, 1.54) is 10.8 Å². The van der Waals surface area contributed by atoms with E-state index >= 15 is 0 Å². The standard InChI is InChI=1S/C20H21N7O/c1-14(12-26-9-8-15(2)25-26)11-21-19(28)18-10-17(16-6-4-3-5-7-16)24-20-22-13-23-27(18)20/h3-10,13-14H,11-12H2,1-2H3,(H,21,28)/t14-/m1/s1. The van der Waals surface area contributed by atoms with Gasteiger partial charge in [0.25, 0.3) is 11.7 Å². The third kappa shape index (κ3) is 3.75. The zero-order valence-corrected chi connectivity index (χ0v) is 15.8. The van der Waals surface area contributed by atoms with Crippen LogP contribution < -0.4 is 5.32 Å². The fraction of sp³-hybridized carbons (Fsp3) is 0.250. The van der Waals surface area contributed by atoms with E-state index in [1.54, 1.807) is 6.07 Å². The molecule has 1 atom stereocenters. The zero-order chi connectivity index (χ0) is 19.5. The Bertz CT molecular complexity index is 1100. The first kappa shape index (κ1) is 17.8. The Morgan fingerprint density at radius 1 is 1.21 bits per heavy atom. The van der Waals surface area contributed by atoms with Crippen molar-refractivity contribution in [3.63, 3.8) is 0 Å². The van der Waals surface area contributed by atoms with Crippen LogP contribution in [0.2, 0.25) is 0 Å². The van der Waals surface area contributed by atoms with Gasteiger partial charge >= 0.3 is 0 Å². The number of carbonyl (C=O) groups excluding carboxylic acids is 1. The Balaban J connectivity index is 1.52. The second-order valence-electron chi connectivity index (χ2n) is 6.86. The van der Waals surface area contributed by atoms with Gasteiger partial charge in [0.15, 0.2) is 0 Å². The van der Waals surface area contributed by atoms with E-state index in [1.807, 2.05) is 54.2 Å². The second-order valence-corrected chi connectivity index (χ2v) is 6.86. The molecule has 0 unspecified atom stereocenters. The molecule has 8 heteroatoms. The molecule has 0 aliphatic carbocycles. The van der Waals surface area contributed by atoms with Gasteiger partial charge in [-0.05, 0) is 25.0 Å². The van der Waals surface area contributed by atoms with E-state index < -0.39 is 0 Å². The molecule has 0 fully saturated rings. The van der Waals surface area contributed by atoms with Gasteiger partial charge in [-0.2, -0.15) is 19.7 Å². The molecule has 142 valence electrons. The summed E-state index contributed by atoms with van der Waals surface area (Å²) in [6, 6.07) is 13.4. The Morgan fingerprint density at radius 2 is 2.04 bits per heavy atom. The van der Waals surface area contributed by atoms with E-state index in [4.69, 9.17) is 0 Å². The molecule has 0 bridgehead atoms. The molecular weight excluding hydrogens is 354 g/mol. The molecule has 0 radical (unpaired) electrons. The predicted molar refractivity (Wildman–Crippen MR) is 105 cm³/mol. The Kier molecular flexibility index (Phi) is 4.84. The number of amides is 1. The van der Waals surface area contributed by atoms with Crippen LogP contribution in [0.1, 0.15) is 23.1 Å². The number of benzene rings is 1. The number of aromatic nitrogens is 6. The molecule has 0 saturated heterocycles. The van der Waals surface area contributed by atoms with Gasteiger partial charge in [-0.3, -0.25) is 9.48 Å². The highest BCUT2D eigenvalue weighted by Crippen LogP contribution is 2.18. The minimum atomic E-state index is -0.210. The van der Waals surface area contributed by atoms with E-state index in [0.29, 0.717) is 23.7 Å². The molecule has 4 aromatic rings. The molecule has 0 saturated carbocycles. The summed E-state index contributed by atoms with van der Waals surface area (Å²) < 4.78 is 3.35. The smallest absolute Gasteiger partial charge is 0.270 e. The van der Waals surface area contributed by atoms with Crippen LogP contribution in [0.3, 0.4) is 0 Å². The maximum absolute atomic E-state index is 12.9. The molecule has 1 amide bonds. The topological polar surface area (TPSA) is 90.0 Å². The summed E-state index contributed by atoms with van der Waals surface area (Å²) in [5.74, 6) is 0.412. The van der Waals surface area contributed by atoms with Crippen LogP contribution in [-0.2, 0) is 6.54 Å². The Morgan fingerprint density at radius 3 is 2.79 bits per heavy atom. The number of aryl methyl sites for hydroxylation is 1. The lowest BCUT2D eigenvalue weighted by molar-refractivity contribution is 0.0939. The number of rotatable bonds is 6. The van der Waals surface area contributed by atoms with Gasteiger partial charge in [-0.15, -0.1) is 0 Å². The molecule has 1 N–H and O–H groups in total. The fourth-order valence-corrected chi connectivity index (χ4v) is 3.04. The van der Waals surface area contributed by atoms with Gasteiger partial charge in [0, 0.05) is 24.8 Å². The lowest BCUT2D eigenvalue weighted by Gasteiger charge is -2.13. The fourth-order valence-electron chi connectivity index (χ4n) is 3.04. The summed E-state index contributed by atoms with van der Waals surface area (Å²) in [5.41, 5.74) is 2.99. The van der Waals surface area contributed by atoms with E-state index in [9.17, 15) is 4.79 Å². The van der Waals surface area contributed by atoms with Crippen LogP contribution in [0.25, 0.3) is 17.0 Å². The van der Waals surface area contributed by atoms with Crippen molar-refractivity contribution in [3.05, 3.63) is 66.4 Å². The third-order valence-corrected chi connectivity index (χ3v) is 4.44. The summed E-state index contributed by atoms with van der Waals surface area (Å²) >= 11 is 0. The Labute approximate surface area is 162 Å². The van der Waals surface area contributed by atoms with Crippen molar-refractivity contribution in [2.75, 3.05) is 6.54 Å². The average molecular weight is 375 g/mol. The summed E-state index contributed by atoms with van der Waals surface area (Å²) in [5, 5.41) is 11.5. The van der Waals surface area contributed by atoms with Crippen molar-refractivity contribution in [3.8, 4) is 11.3 Å². The first-order chi connectivity index (χ1) is 13.6. The second kappa shape index (κ2) is 7.59. The van der Waals surface area contributed by atoms with Crippen molar-refractivity contribution in [2.45, 2.75) is 20.4 Å². The normalized spacial score (nSPS) is 12.2. The van der Waals surface area contributed by atoms with Crippen LogP contribution in [0.4, 0.5) is 0 Å². The zero-order valence-electron chi connectivity index (χ0n) is 15.8. The molecule has 0 aliphatic heterocycles. The number of fused-ring (bicyclic) bond motifs is 1. The molecule has 8 nitrogen and oxygen atoms in total.